The highest BCUT2D eigenvalue weighted by Crippen LogP contribution is 2.23. The van der Waals surface area contributed by atoms with Gasteiger partial charge in [-0.3, -0.25) is 5.43 Å². The molecule has 7 heteroatoms. The Morgan fingerprint density at radius 2 is 2.50 bits per heavy atom. The predicted molar refractivity (Wildman–Crippen MR) is 63.7 cm³/mol. The average molecular weight is 243 g/mol. The SMILES string of the molecule is NNc1ncc(F)c(NCC2CCSC2)n1. The number of nitrogens with one attached hydrogen (secondary N) is 2. The van der Waals surface area contributed by atoms with Gasteiger partial charge in [0.2, 0.25) is 5.95 Å². The minimum atomic E-state index is -0.454. The molecule has 1 aromatic rings. The summed E-state index contributed by atoms with van der Waals surface area (Å²) >= 11 is 1.93. The van der Waals surface area contributed by atoms with Gasteiger partial charge in [0.15, 0.2) is 11.6 Å². The van der Waals surface area contributed by atoms with Crippen LogP contribution in [0.15, 0.2) is 6.20 Å². The van der Waals surface area contributed by atoms with Crippen LogP contribution in [-0.4, -0.2) is 28.0 Å². The number of aromatic nitrogens is 2. The second kappa shape index (κ2) is 5.31. The fourth-order valence-electron chi connectivity index (χ4n) is 1.55. The van der Waals surface area contributed by atoms with Crippen molar-refractivity contribution in [3.8, 4) is 0 Å². The quantitative estimate of drug-likeness (QED) is 0.542. The Kier molecular flexibility index (Phi) is 3.79. The first kappa shape index (κ1) is 11.4. The smallest absolute Gasteiger partial charge is 0.239 e. The maximum Gasteiger partial charge on any atom is 0.239 e. The van der Waals surface area contributed by atoms with Crippen LogP contribution in [-0.2, 0) is 0 Å². The van der Waals surface area contributed by atoms with E-state index in [-0.39, 0.29) is 11.8 Å². The van der Waals surface area contributed by atoms with Gasteiger partial charge in [-0.1, -0.05) is 0 Å². The van der Waals surface area contributed by atoms with Gasteiger partial charge in [-0.05, 0) is 23.8 Å². The van der Waals surface area contributed by atoms with E-state index in [0.29, 0.717) is 5.92 Å². The van der Waals surface area contributed by atoms with E-state index >= 15 is 0 Å². The lowest BCUT2D eigenvalue weighted by molar-refractivity contribution is 0.601. The van der Waals surface area contributed by atoms with Crippen LogP contribution in [0, 0.1) is 11.7 Å². The van der Waals surface area contributed by atoms with Gasteiger partial charge in [-0.15, -0.1) is 0 Å². The molecule has 1 aliphatic heterocycles. The molecule has 88 valence electrons. The number of hydrazine groups is 1. The highest BCUT2D eigenvalue weighted by molar-refractivity contribution is 7.99. The molecule has 2 heterocycles. The normalized spacial score (nSPS) is 19.8. The number of thioether (sulfide) groups is 1. The Bertz CT molecular complexity index is 356. The Hall–Kier alpha value is -1.08. The number of rotatable bonds is 4. The molecule has 5 nitrogen and oxygen atoms in total. The van der Waals surface area contributed by atoms with E-state index in [2.05, 4.69) is 20.7 Å². The topological polar surface area (TPSA) is 75.9 Å². The first-order chi connectivity index (χ1) is 7.79. The van der Waals surface area contributed by atoms with E-state index in [4.69, 9.17) is 5.84 Å². The van der Waals surface area contributed by atoms with Gasteiger partial charge in [0.05, 0.1) is 6.20 Å². The average Bonchev–Trinajstić information content (AvgIpc) is 2.81. The molecule has 0 saturated carbocycles. The predicted octanol–water partition coefficient (Wildman–Crippen LogP) is 1.07. The van der Waals surface area contributed by atoms with E-state index in [1.807, 2.05) is 11.8 Å². The highest BCUT2D eigenvalue weighted by Gasteiger charge is 2.16. The van der Waals surface area contributed by atoms with Crippen LogP contribution in [0.5, 0.6) is 0 Å². The van der Waals surface area contributed by atoms with Crippen LogP contribution in [0.25, 0.3) is 0 Å². The van der Waals surface area contributed by atoms with Crippen molar-refractivity contribution in [3.05, 3.63) is 12.0 Å². The highest BCUT2D eigenvalue weighted by atomic mass is 32.2. The standard InChI is InChI=1S/C9H14FN5S/c10-7-4-13-9(15-11)14-8(7)12-3-6-1-2-16-5-6/h4,6H,1-3,5,11H2,(H2,12,13,14,15). The molecule has 1 saturated heterocycles. The molecule has 0 bridgehead atoms. The Labute approximate surface area is 97.4 Å². The van der Waals surface area contributed by atoms with Crippen LogP contribution >= 0.6 is 11.8 Å². The lowest BCUT2D eigenvalue weighted by Gasteiger charge is -2.11. The fourth-order valence-corrected chi connectivity index (χ4v) is 2.83. The molecule has 0 aliphatic carbocycles. The van der Waals surface area contributed by atoms with Crippen molar-refractivity contribution in [3.63, 3.8) is 0 Å². The third kappa shape index (κ3) is 2.73. The lowest BCUT2D eigenvalue weighted by atomic mass is 10.1. The maximum atomic E-state index is 13.3. The fraction of sp³-hybridized carbons (Fsp3) is 0.556. The van der Waals surface area contributed by atoms with Gasteiger partial charge in [0.1, 0.15) is 0 Å². The molecule has 4 N–H and O–H groups in total. The summed E-state index contributed by atoms with van der Waals surface area (Å²) in [5.74, 6) is 8.03. The molecule has 0 radical (unpaired) electrons. The summed E-state index contributed by atoms with van der Waals surface area (Å²) < 4.78 is 13.3. The van der Waals surface area contributed by atoms with E-state index in [9.17, 15) is 4.39 Å². The molecule has 0 spiro atoms. The van der Waals surface area contributed by atoms with Gasteiger partial charge in [-0.2, -0.15) is 16.7 Å². The van der Waals surface area contributed by atoms with Crippen LogP contribution in [0.1, 0.15) is 6.42 Å². The van der Waals surface area contributed by atoms with Gasteiger partial charge < -0.3 is 5.32 Å². The van der Waals surface area contributed by atoms with Crippen molar-refractivity contribution in [1.29, 1.82) is 0 Å². The molecule has 1 fully saturated rings. The summed E-state index contributed by atoms with van der Waals surface area (Å²) in [6, 6.07) is 0. The third-order valence-electron chi connectivity index (χ3n) is 2.46. The Balaban J connectivity index is 1.96. The molecular weight excluding hydrogens is 229 g/mol. The molecule has 0 amide bonds. The van der Waals surface area contributed by atoms with Crippen LogP contribution < -0.4 is 16.6 Å². The second-order valence-electron chi connectivity index (χ2n) is 3.65. The summed E-state index contributed by atoms with van der Waals surface area (Å²) in [6.07, 6.45) is 2.28. The Morgan fingerprint density at radius 1 is 1.62 bits per heavy atom. The summed E-state index contributed by atoms with van der Waals surface area (Å²) in [5, 5.41) is 2.99. The van der Waals surface area contributed by atoms with Crippen LogP contribution in [0.2, 0.25) is 0 Å². The molecule has 0 aromatic carbocycles. The second-order valence-corrected chi connectivity index (χ2v) is 4.79. The molecule has 16 heavy (non-hydrogen) atoms. The van der Waals surface area contributed by atoms with E-state index in [1.165, 1.54) is 12.2 Å². The monoisotopic (exact) mass is 243 g/mol. The van der Waals surface area contributed by atoms with Crippen molar-refractivity contribution in [1.82, 2.24) is 9.97 Å². The minimum absolute atomic E-state index is 0.208. The number of nitrogens with two attached hydrogens (primary N) is 1. The molecular formula is C9H14FN5S. The van der Waals surface area contributed by atoms with Crippen LogP contribution in [0.4, 0.5) is 16.2 Å². The first-order valence-corrected chi connectivity index (χ1v) is 6.26. The number of hydrogen-bond donors (Lipinski definition) is 3. The number of nitrogen functional groups attached to an aromatic ring is 1. The number of nitrogens with zero attached hydrogens (tertiary/aromatic N) is 2. The number of hydrogen-bond acceptors (Lipinski definition) is 6. The molecule has 2 rings (SSSR count). The van der Waals surface area contributed by atoms with Crippen molar-refractivity contribution >= 4 is 23.5 Å². The summed E-state index contributed by atoms with van der Waals surface area (Å²) in [5.41, 5.74) is 2.29. The molecule has 1 unspecified atom stereocenters. The van der Waals surface area contributed by atoms with E-state index < -0.39 is 5.82 Å². The van der Waals surface area contributed by atoms with Crippen LogP contribution in [0.3, 0.4) is 0 Å². The summed E-state index contributed by atoms with van der Waals surface area (Å²) in [6.45, 7) is 0.741. The zero-order valence-corrected chi connectivity index (χ0v) is 9.56. The number of anilines is 2. The van der Waals surface area contributed by atoms with E-state index in [1.54, 1.807) is 0 Å². The molecule has 1 aliphatic rings. The van der Waals surface area contributed by atoms with Crippen molar-refractivity contribution in [2.75, 3.05) is 28.8 Å². The van der Waals surface area contributed by atoms with Crippen molar-refractivity contribution < 1.29 is 4.39 Å². The van der Waals surface area contributed by atoms with Crippen molar-refractivity contribution in [2.24, 2.45) is 11.8 Å². The largest absolute Gasteiger partial charge is 0.367 e. The maximum absolute atomic E-state index is 13.3. The van der Waals surface area contributed by atoms with E-state index in [0.717, 1.165) is 18.5 Å². The van der Waals surface area contributed by atoms with Crippen molar-refractivity contribution in [2.45, 2.75) is 6.42 Å². The van der Waals surface area contributed by atoms with Gasteiger partial charge in [0, 0.05) is 6.54 Å². The summed E-state index contributed by atoms with van der Waals surface area (Å²) in [4.78, 5) is 7.58. The molecule has 1 aromatic heterocycles. The van der Waals surface area contributed by atoms with Gasteiger partial charge in [0.25, 0.3) is 0 Å². The number of halogens is 1. The minimum Gasteiger partial charge on any atom is -0.367 e. The summed E-state index contributed by atoms with van der Waals surface area (Å²) in [7, 11) is 0. The zero-order valence-electron chi connectivity index (χ0n) is 8.74. The molecule has 1 atom stereocenters. The lowest BCUT2D eigenvalue weighted by Crippen LogP contribution is -2.17. The van der Waals surface area contributed by atoms with Gasteiger partial charge in [-0.25, -0.2) is 15.2 Å². The third-order valence-corrected chi connectivity index (χ3v) is 3.69. The Morgan fingerprint density at radius 3 is 3.19 bits per heavy atom. The zero-order chi connectivity index (χ0) is 11.4. The first-order valence-electron chi connectivity index (χ1n) is 5.10. The van der Waals surface area contributed by atoms with Gasteiger partial charge >= 0.3 is 0 Å².